The summed E-state index contributed by atoms with van der Waals surface area (Å²) in [5.74, 6) is 0.989. The van der Waals surface area contributed by atoms with Crippen LogP contribution >= 0.6 is 31.9 Å². The van der Waals surface area contributed by atoms with Crippen molar-refractivity contribution in [3.8, 4) is 11.5 Å². The Morgan fingerprint density at radius 1 is 0.692 bits per heavy atom. The van der Waals surface area contributed by atoms with E-state index in [9.17, 15) is 4.79 Å². The van der Waals surface area contributed by atoms with E-state index in [0.29, 0.717) is 17.3 Å². The van der Waals surface area contributed by atoms with E-state index in [2.05, 4.69) is 31.9 Å². The Labute approximate surface area is 168 Å². The molecule has 3 aromatic rings. The van der Waals surface area contributed by atoms with E-state index in [1.54, 1.807) is 12.1 Å². The lowest BCUT2D eigenvalue weighted by Gasteiger charge is -2.11. The molecule has 0 atom stereocenters. The molecule has 3 rings (SSSR count). The maximum atomic E-state index is 12.3. The summed E-state index contributed by atoms with van der Waals surface area (Å²) in [6.07, 6.45) is 1.35. The van der Waals surface area contributed by atoms with Crippen LogP contribution < -0.4 is 9.47 Å². The average Bonchev–Trinajstić information content (AvgIpc) is 2.65. The average molecular weight is 474 g/mol. The second-order valence-corrected chi connectivity index (χ2v) is 7.14. The van der Waals surface area contributed by atoms with Crippen molar-refractivity contribution in [2.75, 3.05) is 0 Å². The van der Waals surface area contributed by atoms with Gasteiger partial charge in [0.1, 0.15) is 17.3 Å². The van der Waals surface area contributed by atoms with Crippen molar-refractivity contribution in [2.24, 2.45) is 0 Å². The van der Waals surface area contributed by atoms with Gasteiger partial charge in [-0.2, -0.15) is 0 Å². The van der Waals surface area contributed by atoms with Crippen LogP contribution in [-0.4, -0.2) is 5.97 Å². The van der Waals surface area contributed by atoms with Gasteiger partial charge in [0, 0.05) is 14.5 Å². The van der Waals surface area contributed by atoms with E-state index < -0.39 is 5.97 Å². The van der Waals surface area contributed by atoms with Crippen LogP contribution in [0.2, 0.25) is 0 Å². The van der Waals surface area contributed by atoms with Gasteiger partial charge in [-0.1, -0.05) is 62.2 Å². The molecule has 5 heteroatoms. The number of halogens is 2. The second kappa shape index (κ2) is 8.83. The van der Waals surface area contributed by atoms with E-state index in [4.69, 9.17) is 9.47 Å². The zero-order valence-electron chi connectivity index (χ0n) is 13.6. The number of rotatable bonds is 5. The highest BCUT2D eigenvalue weighted by molar-refractivity contribution is 9.10. The Morgan fingerprint density at radius 2 is 1.19 bits per heavy atom. The van der Waals surface area contributed by atoms with Crippen LogP contribution in [0, 0.1) is 0 Å². The fraction of sp³-hybridized carbons (Fsp3) is 0. The topological polar surface area (TPSA) is 35.5 Å². The molecule has 0 saturated carbocycles. The third-order valence-electron chi connectivity index (χ3n) is 3.38. The van der Waals surface area contributed by atoms with Crippen LogP contribution in [0.15, 0.2) is 93.9 Å². The van der Waals surface area contributed by atoms with Crippen molar-refractivity contribution < 1.29 is 14.3 Å². The highest BCUT2D eigenvalue weighted by atomic mass is 79.9. The first-order valence-corrected chi connectivity index (χ1v) is 9.37. The Kier molecular flexibility index (Phi) is 6.26. The Hall–Kier alpha value is -2.37. The van der Waals surface area contributed by atoms with Crippen LogP contribution in [0.3, 0.4) is 0 Å². The quantitative estimate of drug-likeness (QED) is 0.190. The van der Waals surface area contributed by atoms with Crippen LogP contribution in [0.4, 0.5) is 0 Å². The lowest BCUT2D eigenvalue weighted by molar-refractivity contribution is -0.129. The molecule has 0 aromatic heterocycles. The van der Waals surface area contributed by atoms with Gasteiger partial charge in [-0.3, -0.25) is 0 Å². The predicted molar refractivity (Wildman–Crippen MR) is 109 cm³/mol. The highest BCUT2D eigenvalue weighted by Crippen LogP contribution is 2.23. The zero-order valence-corrected chi connectivity index (χ0v) is 16.7. The zero-order chi connectivity index (χ0) is 18.4. The normalized spacial score (nSPS) is 11.1. The molecule has 3 nitrogen and oxygen atoms in total. The number of hydrogen-bond acceptors (Lipinski definition) is 3. The fourth-order valence-corrected chi connectivity index (χ4v) is 2.69. The van der Waals surface area contributed by atoms with Gasteiger partial charge < -0.3 is 9.47 Å². The van der Waals surface area contributed by atoms with Crippen molar-refractivity contribution in [3.63, 3.8) is 0 Å². The molecule has 0 radical (unpaired) electrons. The summed E-state index contributed by atoms with van der Waals surface area (Å²) >= 11 is 6.74. The summed E-state index contributed by atoms with van der Waals surface area (Å²) in [6.45, 7) is 0. The maximum Gasteiger partial charge on any atom is 0.339 e. The lowest BCUT2D eigenvalue weighted by Crippen LogP contribution is -2.07. The van der Waals surface area contributed by atoms with Crippen LogP contribution in [-0.2, 0) is 4.79 Å². The minimum atomic E-state index is -0.511. The molecular formula is C21H14Br2O3. The van der Waals surface area contributed by atoms with E-state index >= 15 is 0 Å². The van der Waals surface area contributed by atoms with Crippen molar-refractivity contribution in [1.82, 2.24) is 0 Å². The smallest absolute Gasteiger partial charge is 0.339 e. The first kappa shape index (κ1) is 18.4. The molecule has 0 heterocycles. The SMILES string of the molecule is O=C(/C=C(\Oc1ccc(Br)cc1)c1ccccc1)Oc1ccc(Br)cc1. The number of carbonyl (C=O) groups is 1. The molecule has 0 bridgehead atoms. The monoisotopic (exact) mass is 472 g/mol. The summed E-state index contributed by atoms with van der Waals surface area (Å²) in [5.41, 5.74) is 0.781. The molecule has 0 spiro atoms. The van der Waals surface area contributed by atoms with E-state index in [-0.39, 0.29) is 0 Å². The first-order chi connectivity index (χ1) is 12.6. The molecule has 130 valence electrons. The third kappa shape index (κ3) is 5.31. The molecule has 0 saturated heterocycles. The van der Waals surface area contributed by atoms with Gasteiger partial charge >= 0.3 is 5.97 Å². The summed E-state index contributed by atoms with van der Waals surface area (Å²) < 4.78 is 13.1. The summed E-state index contributed by atoms with van der Waals surface area (Å²) in [7, 11) is 0. The predicted octanol–water partition coefficient (Wildman–Crippen LogP) is 6.24. The Balaban J connectivity index is 1.84. The highest BCUT2D eigenvalue weighted by Gasteiger charge is 2.10. The van der Waals surface area contributed by atoms with E-state index in [1.807, 2.05) is 66.7 Å². The molecule has 0 aliphatic carbocycles. The molecule has 0 fully saturated rings. The molecule has 26 heavy (non-hydrogen) atoms. The molecule has 0 amide bonds. The van der Waals surface area contributed by atoms with Gasteiger partial charge in [0.2, 0.25) is 0 Å². The van der Waals surface area contributed by atoms with Crippen molar-refractivity contribution >= 4 is 43.6 Å². The number of esters is 1. The minimum Gasteiger partial charge on any atom is -0.456 e. The molecule has 3 aromatic carbocycles. The standard InChI is InChI=1S/C21H14Br2O3/c22-16-6-10-18(11-7-16)25-20(15-4-2-1-3-5-15)14-21(24)26-19-12-8-17(23)9-13-19/h1-14H/b20-14-. The minimum absolute atomic E-state index is 0.412. The fourth-order valence-electron chi connectivity index (χ4n) is 2.16. The molecule has 0 unspecified atom stereocenters. The molecule has 0 N–H and O–H groups in total. The van der Waals surface area contributed by atoms with Crippen molar-refractivity contribution in [3.05, 3.63) is 99.4 Å². The summed E-state index contributed by atoms with van der Waals surface area (Å²) in [6, 6.07) is 23.9. The number of hydrogen-bond donors (Lipinski definition) is 0. The molecule has 0 aliphatic heterocycles. The van der Waals surface area contributed by atoms with Gasteiger partial charge in [0.25, 0.3) is 0 Å². The molecule has 0 aliphatic rings. The van der Waals surface area contributed by atoms with Gasteiger partial charge in [-0.15, -0.1) is 0 Å². The second-order valence-electron chi connectivity index (χ2n) is 5.31. The number of ether oxygens (including phenoxy) is 2. The largest absolute Gasteiger partial charge is 0.456 e. The van der Waals surface area contributed by atoms with E-state index in [1.165, 1.54) is 6.08 Å². The van der Waals surface area contributed by atoms with Crippen LogP contribution in [0.25, 0.3) is 5.76 Å². The Bertz CT molecular complexity index is 902. The van der Waals surface area contributed by atoms with Crippen LogP contribution in [0.5, 0.6) is 11.5 Å². The number of carbonyl (C=O) groups excluding carboxylic acids is 1. The van der Waals surface area contributed by atoms with Gasteiger partial charge in [-0.05, 0) is 48.5 Å². The van der Waals surface area contributed by atoms with Crippen LogP contribution in [0.1, 0.15) is 5.56 Å². The van der Waals surface area contributed by atoms with E-state index in [0.717, 1.165) is 14.5 Å². The third-order valence-corrected chi connectivity index (χ3v) is 4.44. The van der Waals surface area contributed by atoms with Gasteiger partial charge in [-0.25, -0.2) is 4.79 Å². The molecular weight excluding hydrogens is 460 g/mol. The number of benzene rings is 3. The summed E-state index contributed by atoms with van der Waals surface area (Å²) in [5, 5.41) is 0. The van der Waals surface area contributed by atoms with Crippen molar-refractivity contribution in [1.29, 1.82) is 0 Å². The Morgan fingerprint density at radius 3 is 1.73 bits per heavy atom. The summed E-state index contributed by atoms with van der Waals surface area (Å²) in [4.78, 5) is 12.3. The lowest BCUT2D eigenvalue weighted by atomic mass is 10.2. The van der Waals surface area contributed by atoms with Crippen molar-refractivity contribution in [2.45, 2.75) is 0 Å². The maximum absolute atomic E-state index is 12.3. The van der Waals surface area contributed by atoms with Gasteiger partial charge in [0.15, 0.2) is 0 Å². The first-order valence-electron chi connectivity index (χ1n) is 7.78. The van der Waals surface area contributed by atoms with Gasteiger partial charge in [0.05, 0.1) is 6.08 Å².